The minimum atomic E-state index is 0.0801. The Hall–Kier alpha value is -0.340. The molecule has 0 amide bonds. The molecule has 0 rings (SSSR count). The van der Waals surface area contributed by atoms with E-state index in [1.807, 2.05) is 6.92 Å². The molecule has 0 aliphatic rings. The van der Waals surface area contributed by atoms with Crippen LogP contribution >= 0.6 is 0 Å². The monoisotopic (exact) mass is 157 g/mol. The molecule has 2 atom stereocenters. The van der Waals surface area contributed by atoms with Crippen molar-refractivity contribution in [2.75, 3.05) is 7.11 Å². The molecule has 0 aliphatic carbocycles. The summed E-state index contributed by atoms with van der Waals surface area (Å²) in [6, 6.07) is 0.0925. The number of nitrogens with two attached hydrogens (primary N) is 1. The van der Waals surface area contributed by atoms with Crippen molar-refractivity contribution in [3.8, 4) is 0 Å². The SMILES string of the molecule is C=C(C(N)CCC)C(C)OC. The number of hydrogen-bond acceptors (Lipinski definition) is 2. The molecule has 0 aromatic carbocycles. The minimum absolute atomic E-state index is 0.0801. The first-order valence-electron chi connectivity index (χ1n) is 4.10. The van der Waals surface area contributed by atoms with Crippen molar-refractivity contribution in [3.05, 3.63) is 12.2 Å². The standard InChI is InChI=1S/C9H19NO/c1-5-6-9(10)7(2)8(3)11-4/h8-9H,2,5-6,10H2,1,3-4H3. The van der Waals surface area contributed by atoms with E-state index in [0.29, 0.717) is 0 Å². The highest BCUT2D eigenvalue weighted by Gasteiger charge is 2.11. The highest BCUT2D eigenvalue weighted by atomic mass is 16.5. The molecule has 0 spiro atoms. The van der Waals surface area contributed by atoms with E-state index in [0.717, 1.165) is 18.4 Å². The van der Waals surface area contributed by atoms with Crippen molar-refractivity contribution in [1.29, 1.82) is 0 Å². The van der Waals surface area contributed by atoms with E-state index in [1.165, 1.54) is 0 Å². The van der Waals surface area contributed by atoms with E-state index in [2.05, 4.69) is 13.5 Å². The Kier molecular flexibility index (Phi) is 5.16. The molecule has 0 aromatic rings. The zero-order chi connectivity index (χ0) is 8.85. The smallest absolute Gasteiger partial charge is 0.0765 e. The van der Waals surface area contributed by atoms with Crippen LogP contribution in [0, 0.1) is 0 Å². The van der Waals surface area contributed by atoms with Gasteiger partial charge in [0.1, 0.15) is 0 Å². The van der Waals surface area contributed by atoms with Crippen LogP contribution in [0.25, 0.3) is 0 Å². The first kappa shape index (κ1) is 10.7. The summed E-state index contributed by atoms with van der Waals surface area (Å²) in [6.07, 6.45) is 2.17. The summed E-state index contributed by atoms with van der Waals surface area (Å²) in [4.78, 5) is 0. The molecular formula is C9H19NO. The predicted molar refractivity (Wildman–Crippen MR) is 48.5 cm³/mol. The predicted octanol–water partition coefficient (Wildman–Crippen LogP) is 1.70. The molecule has 2 heteroatoms. The van der Waals surface area contributed by atoms with Crippen molar-refractivity contribution in [1.82, 2.24) is 0 Å². The van der Waals surface area contributed by atoms with E-state index in [4.69, 9.17) is 10.5 Å². The third kappa shape index (κ3) is 3.54. The van der Waals surface area contributed by atoms with Crippen LogP contribution in [0.2, 0.25) is 0 Å². The topological polar surface area (TPSA) is 35.2 Å². The summed E-state index contributed by atoms with van der Waals surface area (Å²) in [5, 5.41) is 0. The Morgan fingerprint density at radius 3 is 2.55 bits per heavy atom. The average Bonchev–Trinajstić information content (AvgIpc) is 2.02. The van der Waals surface area contributed by atoms with Crippen LogP contribution in [0.4, 0.5) is 0 Å². The van der Waals surface area contributed by atoms with Gasteiger partial charge in [0.25, 0.3) is 0 Å². The molecule has 2 nitrogen and oxygen atoms in total. The van der Waals surface area contributed by atoms with Gasteiger partial charge in [-0.1, -0.05) is 19.9 Å². The maximum atomic E-state index is 5.82. The van der Waals surface area contributed by atoms with Crippen molar-refractivity contribution >= 4 is 0 Å². The van der Waals surface area contributed by atoms with Gasteiger partial charge in [0.15, 0.2) is 0 Å². The molecule has 0 saturated heterocycles. The Balaban J connectivity index is 3.81. The van der Waals surface area contributed by atoms with Gasteiger partial charge in [-0.2, -0.15) is 0 Å². The maximum absolute atomic E-state index is 5.82. The summed E-state index contributed by atoms with van der Waals surface area (Å²) in [5.41, 5.74) is 6.82. The fraction of sp³-hybridized carbons (Fsp3) is 0.778. The van der Waals surface area contributed by atoms with Gasteiger partial charge in [0.05, 0.1) is 6.10 Å². The van der Waals surface area contributed by atoms with Gasteiger partial charge in [0, 0.05) is 13.2 Å². The van der Waals surface area contributed by atoms with Gasteiger partial charge in [-0.3, -0.25) is 0 Å². The van der Waals surface area contributed by atoms with E-state index < -0.39 is 0 Å². The molecule has 0 heterocycles. The van der Waals surface area contributed by atoms with Gasteiger partial charge >= 0.3 is 0 Å². The van der Waals surface area contributed by atoms with Gasteiger partial charge < -0.3 is 10.5 Å². The molecule has 0 fully saturated rings. The van der Waals surface area contributed by atoms with Crippen molar-refractivity contribution < 1.29 is 4.74 Å². The normalized spacial score (nSPS) is 16.0. The van der Waals surface area contributed by atoms with Crippen LogP contribution in [-0.2, 0) is 4.74 Å². The van der Waals surface area contributed by atoms with Crippen LogP contribution < -0.4 is 5.73 Å². The minimum Gasteiger partial charge on any atom is -0.377 e. The van der Waals surface area contributed by atoms with Crippen molar-refractivity contribution in [3.63, 3.8) is 0 Å². The molecule has 66 valence electrons. The molecule has 11 heavy (non-hydrogen) atoms. The lowest BCUT2D eigenvalue weighted by atomic mass is 10.0. The van der Waals surface area contributed by atoms with Gasteiger partial charge in [-0.25, -0.2) is 0 Å². The van der Waals surface area contributed by atoms with Crippen LogP contribution in [0.15, 0.2) is 12.2 Å². The number of rotatable bonds is 5. The molecule has 0 saturated carbocycles. The molecule has 0 aromatic heterocycles. The highest BCUT2D eigenvalue weighted by Crippen LogP contribution is 2.10. The fourth-order valence-corrected chi connectivity index (χ4v) is 0.949. The van der Waals surface area contributed by atoms with Gasteiger partial charge in [-0.15, -0.1) is 0 Å². The van der Waals surface area contributed by atoms with Crippen LogP contribution in [0.1, 0.15) is 26.7 Å². The summed E-state index contributed by atoms with van der Waals surface area (Å²) < 4.78 is 5.10. The lowest BCUT2D eigenvalue weighted by Crippen LogP contribution is -2.28. The molecular weight excluding hydrogens is 138 g/mol. The molecule has 0 bridgehead atoms. The number of ether oxygens (including phenoxy) is 1. The second kappa shape index (κ2) is 5.33. The van der Waals surface area contributed by atoms with Crippen molar-refractivity contribution in [2.24, 2.45) is 5.73 Å². The van der Waals surface area contributed by atoms with Crippen LogP contribution in [0.5, 0.6) is 0 Å². The molecule has 0 radical (unpaired) electrons. The average molecular weight is 157 g/mol. The van der Waals surface area contributed by atoms with E-state index in [9.17, 15) is 0 Å². The highest BCUT2D eigenvalue weighted by molar-refractivity contribution is 5.09. The Labute approximate surface area is 69.4 Å². The molecule has 2 N–H and O–H groups in total. The second-order valence-electron chi connectivity index (χ2n) is 2.85. The van der Waals surface area contributed by atoms with E-state index >= 15 is 0 Å². The first-order chi connectivity index (χ1) is 5.13. The second-order valence-corrected chi connectivity index (χ2v) is 2.85. The summed E-state index contributed by atoms with van der Waals surface area (Å²) in [5.74, 6) is 0. The lowest BCUT2D eigenvalue weighted by molar-refractivity contribution is 0.141. The summed E-state index contributed by atoms with van der Waals surface area (Å²) in [7, 11) is 1.68. The fourth-order valence-electron chi connectivity index (χ4n) is 0.949. The van der Waals surface area contributed by atoms with Gasteiger partial charge in [0.2, 0.25) is 0 Å². The Morgan fingerprint density at radius 1 is 1.64 bits per heavy atom. The third-order valence-electron chi connectivity index (χ3n) is 1.95. The zero-order valence-corrected chi connectivity index (χ0v) is 7.76. The van der Waals surface area contributed by atoms with E-state index in [1.54, 1.807) is 7.11 Å². The third-order valence-corrected chi connectivity index (χ3v) is 1.95. The maximum Gasteiger partial charge on any atom is 0.0765 e. The number of methoxy groups -OCH3 is 1. The van der Waals surface area contributed by atoms with Gasteiger partial charge in [-0.05, 0) is 18.9 Å². The molecule has 2 unspecified atom stereocenters. The van der Waals surface area contributed by atoms with Crippen molar-refractivity contribution in [2.45, 2.75) is 38.8 Å². The lowest BCUT2D eigenvalue weighted by Gasteiger charge is -2.18. The van der Waals surface area contributed by atoms with E-state index in [-0.39, 0.29) is 12.1 Å². The summed E-state index contributed by atoms with van der Waals surface area (Å²) >= 11 is 0. The van der Waals surface area contributed by atoms with Crippen LogP contribution in [-0.4, -0.2) is 19.3 Å². The quantitative estimate of drug-likeness (QED) is 0.616. The van der Waals surface area contributed by atoms with Crippen LogP contribution in [0.3, 0.4) is 0 Å². The largest absolute Gasteiger partial charge is 0.377 e. The first-order valence-corrected chi connectivity index (χ1v) is 4.10. The summed E-state index contributed by atoms with van der Waals surface area (Å²) in [6.45, 7) is 7.98. The molecule has 0 aliphatic heterocycles. The Bertz CT molecular complexity index is 123. The number of hydrogen-bond donors (Lipinski definition) is 1. The Morgan fingerprint density at radius 2 is 2.18 bits per heavy atom. The zero-order valence-electron chi connectivity index (χ0n) is 7.76.